The summed E-state index contributed by atoms with van der Waals surface area (Å²) < 4.78 is 2.04. The molecule has 0 spiro atoms. The Kier molecular flexibility index (Phi) is 5.73. The van der Waals surface area contributed by atoms with Crippen LogP contribution in [0.25, 0.3) is 5.65 Å². The van der Waals surface area contributed by atoms with Crippen molar-refractivity contribution >= 4 is 29.0 Å². The average Bonchev–Trinajstić information content (AvgIpc) is 2.97. The third kappa shape index (κ3) is 3.61. The SMILES string of the molecule is CCCNc1cn2ccnc2c(N(C)C(CC)CSC)n1. The Balaban J connectivity index is 2.37. The van der Waals surface area contributed by atoms with E-state index in [0.29, 0.717) is 6.04 Å². The van der Waals surface area contributed by atoms with Crippen molar-refractivity contribution in [2.45, 2.75) is 32.7 Å². The molecule has 1 atom stereocenters. The topological polar surface area (TPSA) is 45.5 Å². The van der Waals surface area contributed by atoms with E-state index in [-0.39, 0.29) is 0 Å². The quantitative estimate of drug-likeness (QED) is 0.812. The third-order valence-electron chi connectivity index (χ3n) is 3.62. The second kappa shape index (κ2) is 7.54. The van der Waals surface area contributed by atoms with Gasteiger partial charge < -0.3 is 14.6 Å². The maximum absolute atomic E-state index is 4.78. The lowest BCUT2D eigenvalue weighted by Gasteiger charge is -2.28. The van der Waals surface area contributed by atoms with Crippen molar-refractivity contribution in [2.24, 2.45) is 0 Å². The van der Waals surface area contributed by atoms with Crippen LogP contribution in [0.2, 0.25) is 0 Å². The van der Waals surface area contributed by atoms with Crippen molar-refractivity contribution in [1.29, 1.82) is 0 Å². The van der Waals surface area contributed by atoms with Crippen molar-refractivity contribution in [2.75, 3.05) is 35.8 Å². The van der Waals surface area contributed by atoms with Gasteiger partial charge in [-0.2, -0.15) is 11.8 Å². The smallest absolute Gasteiger partial charge is 0.180 e. The van der Waals surface area contributed by atoms with Gasteiger partial charge in [-0.15, -0.1) is 0 Å². The second-order valence-corrected chi connectivity index (χ2v) is 6.07. The molecule has 0 saturated heterocycles. The summed E-state index contributed by atoms with van der Waals surface area (Å²) >= 11 is 1.87. The number of fused-ring (bicyclic) bond motifs is 1. The van der Waals surface area contributed by atoms with Crippen LogP contribution in [0.1, 0.15) is 26.7 Å². The first kappa shape index (κ1) is 15.9. The lowest BCUT2D eigenvalue weighted by molar-refractivity contribution is 0.666. The van der Waals surface area contributed by atoms with Crippen molar-refractivity contribution in [3.8, 4) is 0 Å². The zero-order valence-electron chi connectivity index (χ0n) is 13.3. The zero-order valence-corrected chi connectivity index (χ0v) is 14.2. The minimum absolute atomic E-state index is 0.467. The molecule has 116 valence electrons. The monoisotopic (exact) mass is 307 g/mol. The van der Waals surface area contributed by atoms with Gasteiger partial charge in [-0.3, -0.25) is 0 Å². The second-order valence-electron chi connectivity index (χ2n) is 5.16. The lowest BCUT2D eigenvalue weighted by Crippen LogP contribution is -2.34. The van der Waals surface area contributed by atoms with Crippen LogP contribution in [0.3, 0.4) is 0 Å². The summed E-state index contributed by atoms with van der Waals surface area (Å²) in [6, 6.07) is 0.467. The van der Waals surface area contributed by atoms with Gasteiger partial charge in [-0.05, 0) is 19.1 Å². The van der Waals surface area contributed by atoms with Crippen LogP contribution in [0.15, 0.2) is 18.6 Å². The molecule has 0 fully saturated rings. The standard InChI is InChI=1S/C15H25N5S/c1-5-7-16-13-10-20-9-8-17-14(20)15(18-13)19(3)12(6-2)11-21-4/h8-10,12,16H,5-7,11H2,1-4H3. The fourth-order valence-electron chi connectivity index (χ4n) is 2.36. The maximum atomic E-state index is 4.78. The van der Waals surface area contributed by atoms with Gasteiger partial charge in [-0.1, -0.05) is 13.8 Å². The van der Waals surface area contributed by atoms with E-state index < -0.39 is 0 Å². The van der Waals surface area contributed by atoms with Gasteiger partial charge in [0.25, 0.3) is 0 Å². The molecule has 0 amide bonds. The molecule has 2 aromatic rings. The number of hydrogen-bond acceptors (Lipinski definition) is 5. The van der Waals surface area contributed by atoms with Crippen molar-refractivity contribution in [3.05, 3.63) is 18.6 Å². The minimum atomic E-state index is 0.467. The average molecular weight is 307 g/mol. The molecule has 6 heteroatoms. The summed E-state index contributed by atoms with van der Waals surface area (Å²) in [5.41, 5.74) is 0.916. The van der Waals surface area contributed by atoms with Crippen LogP contribution in [0.4, 0.5) is 11.6 Å². The van der Waals surface area contributed by atoms with Gasteiger partial charge in [0, 0.05) is 37.8 Å². The largest absolute Gasteiger partial charge is 0.369 e. The fraction of sp³-hybridized carbons (Fsp3) is 0.600. The van der Waals surface area contributed by atoms with Crippen LogP contribution in [-0.2, 0) is 0 Å². The van der Waals surface area contributed by atoms with Gasteiger partial charge in [0.15, 0.2) is 11.5 Å². The van der Waals surface area contributed by atoms with E-state index >= 15 is 0 Å². The molecule has 0 aliphatic rings. The fourth-order valence-corrected chi connectivity index (χ4v) is 3.20. The molecule has 2 aromatic heterocycles. The maximum Gasteiger partial charge on any atom is 0.180 e. The number of anilines is 2. The number of nitrogens with zero attached hydrogens (tertiary/aromatic N) is 4. The van der Waals surface area contributed by atoms with E-state index in [1.165, 1.54) is 0 Å². The van der Waals surface area contributed by atoms with Crippen molar-refractivity contribution < 1.29 is 0 Å². The summed E-state index contributed by atoms with van der Waals surface area (Å²) in [4.78, 5) is 11.5. The lowest BCUT2D eigenvalue weighted by atomic mass is 10.2. The number of rotatable bonds is 8. The summed E-state index contributed by atoms with van der Waals surface area (Å²) in [6.07, 6.45) is 10.1. The number of nitrogens with one attached hydrogen (secondary N) is 1. The molecule has 2 heterocycles. The molecule has 0 aromatic carbocycles. The van der Waals surface area contributed by atoms with Gasteiger partial charge in [0.1, 0.15) is 5.82 Å². The first-order chi connectivity index (χ1) is 10.2. The Hall–Kier alpha value is -1.43. The molecule has 5 nitrogen and oxygen atoms in total. The summed E-state index contributed by atoms with van der Waals surface area (Å²) in [7, 11) is 2.12. The van der Waals surface area contributed by atoms with Crippen molar-refractivity contribution in [1.82, 2.24) is 14.4 Å². The molecule has 1 N–H and O–H groups in total. The van der Waals surface area contributed by atoms with E-state index in [1.54, 1.807) is 0 Å². The van der Waals surface area contributed by atoms with Crippen molar-refractivity contribution in [3.63, 3.8) is 0 Å². The molecular formula is C15H25N5S. The molecule has 0 bridgehead atoms. The minimum Gasteiger partial charge on any atom is -0.369 e. The van der Waals surface area contributed by atoms with Crippen LogP contribution in [-0.4, -0.2) is 46.0 Å². The summed E-state index contributed by atoms with van der Waals surface area (Å²) in [6.45, 7) is 5.30. The van der Waals surface area contributed by atoms with E-state index in [9.17, 15) is 0 Å². The molecule has 0 aliphatic carbocycles. The highest BCUT2D eigenvalue weighted by molar-refractivity contribution is 7.98. The highest BCUT2D eigenvalue weighted by Crippen LogP contribution is 2.23. The molecule has 0 aliphatic heterocycles. The number of thioether (sulfide) groups is 1. The predicted octanol–water partition coefficient (Wildman–Crippen LogP) is 3.13. The third-order valence-corrected chi connectivity index (χ3v) is 4.34. The Bertz CT molecular complexity index is 568. The van der Waals surface area contributed by atoms with Crippen LogP contribution in [0.5, 0.6) is 0 Å². The van der Waals surface area contributed by atoms with Gasteiger partial charge >= 0.3 is 0 Å². The summed E-state index contributed by atoms with van der Waals surface area (Å²) in [5.74, 6) is 2.94. The number of imidazole rings is 1. The first-order valence-corrected chi connectivity index (χ1v) is 8.90. The van der Waals surface area contributed by atoms with E-state index in [0.717, 1.165) is 42.4 Å². The summed E-state index contributed by atoms with van der Waals surface area (Å²) in [5, 5.41) is 3.37. The molecule has 1 unspecified atom stereocenters. The van der Waals surface area contributed by atoms with Gasteiger partial charge in [-0.25, -0.2) is 9.97 Å². The first-order valence-electron chi connectivity index (χ1n) is 7.50. The molecule has 0 radical (unpaired) electrons. The van der Waals surface area contributed by atoms with Gasteiger partial charge in [0.05, 0.1) is 6.20 Å². The molecular weight excluding hydrogens is 282 g/mol. The van der Waals surface area contributed by atoms with E-state index in [1.807, 2.05) is 34.8 Å². The van der Waals surface area contributed by atoms with E-state index in [4.69, 9.17) is 4.98 Å². The predicted molar refractivity (Wildman–Crippen MR) is 92.6 cm³/mol. The van der Waals surface area contributed by atoms with Gasteiger partial charge in [0.2, 0.25) is 0 Å². The Morgan fingerprint density at radius 1 is 1.43 bits per heavy atom. The van der Waals surface area contributed by atoms with Crippen LogP contribution >= 0.6 is 11.8 Å². The van der Waals surface area contributed by atoms with E-state index in [2.05, 4.69) is 42.4 Å². The molecule has 2 rings (SSSR count). The van der Waals surface area contributed by atoms with Crippen LogP contribution < -0.4 is 10.2 Å². The Labute approximate surface area is 131 Å². The molecule has 21 heavy (non-hydrogen) atoms. The number of hydrogen-bond donors (Lipinski definition) is 1. The Morgan fingerprint density at radius 2 is 2.24 bits per heavy atom. The highest BCUT2D eigenvalue weighted by Gasteiger charge is 2.18. The Morgan fingerprint density at radius 3 is 2.90 bits per heavy atom. The van der Waals surface area contributed by atoms with Crippen LogP contribution in [0, 0.1) is 0 Å². The highest BCUT2D eigenvalue weighted by atomic mass is 32.2. The normalized spacial score (nSPS) is 12.6. The molecule has 0 saturated carbocycles. The number of aromatic nitrogens is 3. The zero-order chi connectivity index (χ0) is 15.2.